The van der Waals surface area contributed by atoms with Crippen molar-refractivity contribution in [2.75, 3.05) is 46.0 Å². The Morgan fingerprint density at radius 2 is 2.14 bits per heavy atom. The van der Waals surface area contributed by atoms with Crippen molar-refractivity contribution >= 4 is 6.03 Å². The largest absolute Gasteiger partial charge is 0.492 e. The summed E-state index contributed by atoms with van der Waals surface area (Å²) >= 11 is 0. The summed E-state index contributed by atoms with van der Waals surface area (Å²) in [6.45, 7) is 8.13. The molecule has 1 aliphatic heterocycles. The Hall–Kier alpha value is -1.79. The highest BCUT2D eigenvalue weighted by molar-refractivity contribution is 5.73. The molecule has 2 amide bonds. The van der Waals surface area contributed by atoms with E-state index in [9.17, 15) is 4.79 Å². The van der Waals surface area contributed by atoms with E-state index in [-0.39, 0.29) is 6.03 Å². The average Bonchev–Trinajstić information content (AvgIpc) is 2.55. The Kier molecular flexibility index (Phi) is 6.99. The van der Waals surface area contributed by atoms with Gasteiger partial charge < -0.3 is 20.1 Å². The van der Waals surface area contributed by atoms with Gasteiger partial charge in [0.15, 0.2) is 0 Å². The van der Waals surface area contributed by atoms with E-state index in [1.165, 1.54) is 0 Å². The number of benzene rings is 1. The summed E-state index contributed by atoms with van der Waals surface area (Å²) in [5.41, 5.74) is 1.02. The van der Waals surface area contributed by atoms with Gasteiger partial charge in [0.2, 0.25) is 0 Å². The topological polar surface area (TPSA) is 62.8 Å². The van der Waals surface area contributed by atoms with Crippen molar-refractivity contribution in [2.45, 2.75) is 13.5 Å². The van der Waals surface area contributed by atoms with Crippen molar-refractivity contribution in [1.82, 2.24) is 15.5 Å². The molecule has 1 aromatic rings. The lowest BCUT2D eigenvalue weighted by molar-refractivity contribution is 0.0322. The first-order valence-electron chi connectivity index (χ1n) is 7.81. The Labute approximate surface area is 131 Å². The highest BCUT2D eigenvalue weighted by atomic mass is 16.5. The zero-order chi connectivity index (χ0) is 15.6. The van der Waals surface area contributed by atoms with Gasteiger partial charge in [0.05, 0.1) is 13.2 Å². The van der Waals surface area contributed by atoms with E-state index in [1.807, 2.05) is 31.2 Å². The van der Waals surface area contributed by atoms with Crippen LogP contribution in [-0.2, 0) is 11.3 Å². The van der Waals surface area contributed by atoms with Gasteiger partial charge in [0.25, 0.3) is 0 Å². The quantitative estimate of drug-likeness (QED) is 0.795. The predicted molar refractivity (Wildman–Crippen MR) is 85.1 cm³/mol. The zero-order valence-electron chi connectivity index (χ0n) is 13.1. The Bertz CT molecular complexity index is 462. The number of rotatable bonds is 7. The van der Waals surface area contributed by atoms with Gasteiger partial charge in [-0.2, -0.15) is 0 Å². The van der Waals surface area contributed by atoms with Gasteiger partial charge in [-0.25, -0.2) is 4.79 Å². The molecule has 0 bridgehead atoms. The molecule has 0 atom stereocenters. The minimum atomic E-state index is -0.152. The SMILES string of the molecule is CCNC(=O)NCc1cccc(OCCN2CCOCC2)c1. The van der Waals surface area contributed by atoms with E-state index in [2.05, 4.69) is 15.5 Å². The maximum Gasteiger partial charge on any atom is 0.315 e. The molecule has 6 heteroatoms. The van der Waals surface area contributed by atoms with Gasteiger partial charge in [0.1, 0.15) is 12.4 Å². The number of carbonyl (C=O) groups excluding carboxylic acids is 1. The van der Waals surface area contributed by atoms with Gasteiger partial charge in [-0.3, -0.25) is 4.90 Å². The van der Waals surface area contributed by atoms with Crippen molar-refractivity contribution in [1.29, 1.82) is 0 Å². The van der Waals surface area contributed by atoms with E-state index < -0.39 is 0 Å². The van der Waals surface area contributed by atoms with Crippen LogP contribution in [0.3, 0.4) is 0 Å². The summed E-state index contributed by atoms with van der Waals surface area (Å²) in [6, 6.07) is 7.67. The van der Waals surface area contributed by atoms with E-state index >= 15 is 0 Å². The van der Waals surface area contributed by atoms with Crippen molar-refractivity contribution < 1.29 is 14.3 Å². The number of nitrogens with zero attached hydrogens (tertiary/aromatic N) is 1. The number of ether oxygens (including phenoxy) is 2. The minimum absolute atomic E-state index is 0.152. The second-order valence-corrected chi connectivity index (χ2v) is 5.16. The number of hydrogen-bond donors (Lipinski definition) is 2. The molecule has 1 aromatic carbocycles. The van der Waals surface area contributed by atoms with Gasteiger partial charge >= 0.3 is 6.03 Å². The summed E-state index contributed by atoms with van der Waals surface area (Å²) < 4.78 is 11.1. The number of nitrogens with one attached hydrogen (secondary N) is 2. The molecule has 0 radical (unpaired) electrons. The van der Waals surface area contributed by atoms with Crippen molar-refractivity contribution in [3.63, 3.8) is 0 Å². The maximum absolute atomic E-state index is 11.4. The molecule has 0 aromatic heterocycles. The minimum Gasteiger partial charge on any atom is -0.492 e. The molecule has 1 saturated heterocycles. The molecule has 0 saturated carbocycles. The first kappa shape index (κ1) is 16.6. The van der Waals surface area contributed by atoms with Gasteiger partial charge in [-0.15, -0.1) is 0 Å². The van der Waals surface area contributed by atoms with Crippen LogP contribution >= 0.6 is 0 Å². The molecule has 1 heterocycles. The predicted octanol–water partition coefficient (Wildman–Crippen LogP) is 1.22. The van der Waals surface area contributed by atoms with Gasteiger partial charge in [-0.1, -0.05) is 12.1 Å². The third-order valence-corrected chi connectivity index (χ3v) is 3.47. The Balaban J connectivity index is 1.72. The van der Waals surface area contributed by atoms with Crippen LogP contribution in [0.2, 0.25) is 0 Å². The Morgan fingerprint density at radius 1 is 1.32 bits per heavy atom. The monoisotopic (exact) mass is 307 g/mol. The molecule has 22 heavy (non-hydrogen) atoms. The fourth-order valence-electron chi connectivity index (χ4n) is 2.27. The summed E-state index contributed by atoms with van der Waals surface area (Å²) in [5.74, 6) is 0.837. The van der Waals surface area contributed by atoms with Gasteiger partial charge in [0, 0.05) is 32.7 Å². The summed E-state index contributed by atoms with van der Waals surface area (Å²) in [4.78, 5) is 13.7. The lowest BCUT2D eigenvalue weighted by Gasteiger charge is -2.26. The van der Waals surface area contributed by atoms with Crippen LogP contribution < -0.4 is 15.4 Å². The molecular formula is C16H25N3O3. The lowest BCUT2D eigenvalue weighted by Crippen LogP contribution is -2.38. The third-order valence-electron chi connectivity index (χ3n) is 3.47. The van der Waals surface area contributed by atoms with E-state index in [0.29, 0.717) is 19.7 Å². The highest BCUT2D eigenvalue weighted by Crippen LogP contribution is 2.13. The van der Waals surface area contributed by atoms with E-state index in [4.69, 9.17) is 9.47 Å². The normalized spacial score (nSPS) is 15.3. The molecule has 122 valence electrons. The number of morpholine rings is 1. The van der Waals surface area contributed by atoms with Crippen LogP contribution in [-0.4, -0.2) is 56.9 Å². The third kappa shape index (κ3) is 5.91. The maximum atomic E-state index is 11.4. The molecule has 6 nitrogen and oxygen atoms in total. The number of urea groups is 1. The smallest absolute Gasteiger partial charge is 0.315 e. The summed E-state index contributed by atoms with van der Waals surface area (Å²) in [6.07, 6.45) is 0. The van der Waals surface area contributed by atoms with Gasteiger partial charge in [-0.05, 0) is 24.6 Å². The first-order valence-corrected chi connectivity index (χ1v) is 7.81. The summed E-state index contributed by atoms with van der Waals surface area (Å²) in [7, 11) is 0. The fraction of sp³-hybridized carbons (Fsp3) is 0.562. The molecule has 0 spiro atoms. The van der Waals surface area contributed by atoms with Crippen molar-refractivity contribution in [3.05, 3.63) is 29.8 Å². The zero-order valence-corrected chi connectivity index (χ0v) is 13.1. The number of carbonyl (C=O) groups is 1. The summed E-state index contributed by atoms with van der Waals surface area (Å²) in [5, 5.41) is 5.51. The molecule has 2 rings (SSSR count). The average molecular weight is 307 g/mol. The number of amides is 2. The standard InChI is InChI=1S/C16H25N3O3/c1-2-17-16(20)18-13-14-4-3-5-15(12-14)22-11-8-19-6-9-21-10-7-19/h3-5,12H,2,6-11,13H2,1H3,(H2,17,18,20). The molecular weight excluding hydrogens is 282 g/mol. The van der Waals surface area contributed by atoms with Crippen LogP contribution in [0.25, 0.3) is 0 Å². The second-order valence-electron chi connectivity index (χ2n) is 5.16. The first-order chi connectivity index (χ1) is 10.8. The van der Waals surface area contributed by atoms with Crippen LogP contribution in [0.5, 0.6) is 5.75 Å². The van der Waals surface area contributed by atoms with Crippen molar-refractivity contribution in [2.24, 2.45) is 0 Å². The second kappa shape index (κ2) is 9.27. The Morgan fingerprint density at radius 3 is 2.91 bits per heavy atom. The molecule has 2 N–H and O–H groups in total. The fourth-order valence-corrected chi connectivity index (χ4v) is 2.27. The molecule has 0 aliphatic carbocycles. The molecule has 1 aliphatic rings. The van der Waals surface area contributed by atoms with E-state index in [1.54, 1.807) is 0 Å². The highest BCUT2D eigenvalue weighted by Gasteiger charge is 2.09. The van der Waals surface area contributed by atoms with Crippen LogP contribution in [0.15, 0.2) is 24.3 Å². The lowest BCUT2D eigenvalue weighted by atomic mass is 10.2. The van der Waals surface area contributed by atoms with Crippen LogP contribution in [0, 0.1) is 0 Å². The van der Waals surface area contributed by atoms with Crippen LogP contribution in [0.4, 0.5) is 4.79 Å². The molecule has 0 unspecified atom stereocenters. The molecule has 1 fully saturated rings. The van der Waals surface area contributed by atoms with Crippen LogP contribution in [0.1, 0.15) is 12.5 Å². The van der Waals surface area contributed by atoms with Crippen molar-refractivity contribution in [3.8, 4) is 5.75 Å². The van der Waals surface area contributed by atoms with E-state index in [0.717, 1.165) is 44.2 Å². The number of hydrogen-bond acceptors (Lipinski definition) is 4.